The molecule has 0 saturated carbocycles. The molecule has 3 nitrogen and oxygen atoms in total. The van der Waals surface area contributed by atoms with Gasteiger partial charge in [0.15, 0.2) is 0 Å². The van der Waals surface area contributed by atoms with E-state index < -0.39 is 0 Å². The summed E-state index contributed by atoms with van der Waals surface area (Å²) in [5, 5.41) is 2.84. The van der Waals surface area contributed by atoms with E-state index in [1.54, 1.807) is 6.20 Å². The van der Waals surface area contributed by atoms with Crippen LogP contribution in [0.4, 0.5) is 5.69 Å². The Kier molecular flexibility index (Phi) is 1.78. The summed E-state index contributed by atoms with van der Waals surface area (Å²) in [6.07, 6.45) is 6.01. The normalized spacial score (nSPS) is 16.2. The molecule has 0 fully saturated rings. The maximum atomic E-state index is 11.1. The summed E-state index contributed by atoms with van der Waals surface area (Å²) in [7, 11) is 0. The van der Waals surface area contributed by atoms with Gasteiger partial charge in [0.2, 0.25) is 5.91 Å². The summed E-state index contributed by atoms with van der Waals surface area (Å²) in [4.78, 5) is 15.1. The number of anilines is 1. The van der Waals surface area contributed by atoms with Gasteiger partial charge >= 0.3 is 0 Å². The molecule has 0 spiro atoms. The van der Waals surface area contributed by atoms with Crippen LogP contribution in [0.3, 0.4) is 0 Å². The predicted octanol–water partition coefficient (Wildman–Crippen LogP) is 1.36. The van der Waals surface area contributed by atoms with Crippen molar-refractivity contribution in [1.29, 1.82) is 0 Å². The molecule has 2 rings (SSSR count). The second-order valence-electron chi connectivity index (χ2n) is 2.93. The zero-order valence-corrected chi connectivity index (χ0v) is 6.71. The van der Waals surface area contributed by atoms with Crippen molar-refractivity contribution in [1.82, 2.24) is 4.98 Å². The molecule has 1 amide bonds. The molecular weight excluding hydrogens is 152 g/mol. The molecule has 1 aliphatic rings. The number of hydrogen-bond donors (Lipinski definition) is 1. The minimum absolute atomic E-state index is 0.111. The van der Waals surface area contributed by atoms with Crippen molar-refractivity contribution in [3.8, 4) is 0 Å². The lowest BCUT2D eigenvalue weighted by Crippen LogP contribution is -2.09. The maximum Gasteiger partial charge on any atom is 0.224 e. The lowest BCUT2D eigenvalue weighted by atomic mass is 10.1. The molecular formula is C9H10N2O. The van der Waals surface area contributed by atoms with E-state index in [1.807, 2.05) is 12.3 Å². The Morgan fingerprint density at radius 1 is 1.42 bits per heavy atom. The van der Waals surface area contributed by atoms with E-state index in [4.69, 9.17) is 0 Å². The van der Waals surface area contributed by atoms with E-state index in [0.29, 0.717) is 6.42 Å². The Labute approximate surface area is 70.8 Å². The van der Waals surface area contributed by atoms with Crippen LogP contribution < -0.4 is 5.32 Å². The van der Waals surface area contributed by atoms with Crippen LogP contribution in [-0.4, -0.2) is 10.9 Å². The van der Waals surface area contributed by atoms with Crippen molar-refractivity contribution >= 4 is 11.6 Å². The van der Waals surface area contributed by atoms with Crippen LogP contribution >= 0.6 is 0 Å². The highest BCUT2D eigenvalue weighted by molar-refractivity contribution is 5.92. The van der Waals surface area contributed by atoms with Crippen molar-refractivity contribution in [3.05, 3.63) is 24.0 Å². The highest BCUT2D eigenvalue weighted by Crippen LogP contribution is 2.19. The molecule has 3 heteroatoms. The van der Waals surface area contributed by atoms with Crippen LogP contribution in [0.2, 0.25) is 0 Å². The zero-order chi connectivity index (χ0) is 8.39. The number of pyridine rings is 1. The number of rotatable bonds is 0. The zero-order valence-electron chi connectivity index (χ0n) is 6.71. The van der Waals surface area contributed by atoms with Gasteiger partial charge in [-0.05, 0) is 24.5 Å². The van der Waals surface area contributed by atoms with Gasteiger partial charge in [-0.2, -0.15) is 0 Å². The molecule has 1 aromatic rings. The van der Waals surface area contributed by atoms with E-state index in [2.05, 4.69) is 10.3 Å². The van der Waals surface area contributed by atoms with E-state index in [9.17, 15) is 4.79 Å². The molecule has 1 N–H and O–H groups in total. The third kappa shape index (κ3) is 1.30. The maximum absolute atomic E-state index is 11.1. The fourth-order valence-electron chi connectivity index (χ4n) is 1.40. The molecule has 0 atom stereocenters. The Hall–Kier alpha value is -1.38. The van der Waals surface area contributed by atoms with Gasteiger partial charge in [-0.25, -0.2) is 0 Å². The van der Waals surface area contributed by atoms with E-state index in [1.165, 1.54) is 0 Å². The Morgan fingerprint density at radius 3 is 3.25 bits per heavy atom. The Morgan fingerprint density at radius 2 is 2.33 bits per heavy atom. The molecule has 2 heterocycles. The molecule has 62 valence electrons. The summed E-state index contributed by atoms with van der Waals surface area (Å²) in [5.74, 6) is 0.111. The second kappa shape index (κ2) is 2.93. The van der Waals surface area contributed by atoms with Gasteiger partial charge in [-0.15, -0.1) is 0 Å². The van der Waals surface area contributed by atoms with Crippen LogP contribution in [0.25, 0.3) is 0 Å². The van der Waals surface area contributed by atoms with Gasteiger partial charge < -0.3 is 5.32 Å². The minimum atomic E-state index is 0.111. The molecule has 0 radical (unpaired) electrons. The number of aryl methyl sites for hydroxylation is 1. The van der Waals surface area contributed by atoms with Gasteiger partial charge in [0, 0.05) is 24.5 Å². The quantitative estimate of drug-likeness (QED) is 0.625. The van der Waals surface area contributed by atoms with Crippen molar-refractivity contribution in [2.75, 3.05) is 5.32 Å². The highest BCUT2D eigenvalue weighted by atomic mass is 16.1. The molecule has 0 aromatic carbocycles. The van der Waals surface area contributed by atoms with Crippen LogP contribution in [0.15, 0.2) is 18.5 Å². The lowest BCUT2D eigenvalue weighted by molar-refractivity contribution is -0.116. The van der Waals surface area contributed by atoms with Gasteiger partial charge in [-0.3, -0.25) is 9.78 Å². The number of nitrogens with one attached hydrogen (secondary N) is 1. The smallest absolute Gasteiger partial charge is 0.224 e. The highest BCUT2D eigenvalue weighted by Gasteiger charge is 2.11. The number of fused-ring (bicyclic) bond motifs is 1. The summed E-state index contributed by atoms with van der Waals surface area (Å²) in [5.41, 5.74) is 2.07. The lowest BCUT2D eigenvalue weighted by Gasteiger charge is -2.03. The first-order chi connectivity index (χ1) is 5.86. The minimum Gasteiger partial charge on any atom is -0.326 e. The molecule has 0 bridgehead atoms. The van der Waals surface area contributed by atoms with Crippen LogP contribution in [-0.2, 0) is 11.2 Å². The number of carbonyl (C=O) groups excluding carboxylic acids is 1. The summed E-state index contributed by atoms with van der Waals surface area (Å²) >= 11 is 0. The van der Waals surface area contributed by atoms with Gasteiger partial charge in [-0.1, -0.05) is 0 Å². The van der Waals surface area contributed by atoms with Crippen LogP contribution in [0.5, 0.6) is 0 Å². The van der Waals surface area contributed by atoms with Crippen LogP contribution in [0.1, 0.15) is 18.4 Å². The number of aromatic nitrogens is 1. The SMILES string of the molecule is O=C1CCCc2cnccc2N1. The Bertz CT molecular complexity index is 309. The average Bonchev–Trinajstić information content (AvgIpc) is 2.25. The molecule has 1 aromatic heterocycles. The monoisotopic (exact) mass is 162 g/mol. The van der Waals surface area contributed by atoms with Crippen molar-refractivity contribution < 1.29 is 4.79 Å². The number of amides is 1. The fourth-order valence-corrected chi connectivity index (χ4v) is 1.40. The molecule has 0 aliphatic carbocycles. The first-order valence-electron chi connectivity index (χ1n) is 4.09. The van der Waals surface area contributed by atoms with Gasteiger partial charge in [0.1, 0.15) is 0 Å². The van der Waals surface area contributed by atoms with Crippen molar-refractivity contribution in [3.63, 3.8) is 0 Å². The van der Waals surface area contributed by atoms with E-state index in [0.717, 1.165) is 24.1 Å². The third-order valence-corrected chi connectivity index (χ3v) is 2.03. The van der Waals surface area contributed by atoms with Crippen molar-refractivity contribution in [2.24, 2.45) is 0 Å². The van der Waals surface area contributed by atoms with E-state index >= 15 is 0 Å². The first kappa shape index (κ1) is 7.28. The van der Waals surface area contributed by atoms with E-state index in [-0.39, 0.29) is 5.91 Å². The van der Waals surface area contributed by atoms with Crippen LogP contribution in [0, 0.1) is 0 Å². The topological polar surface area (TPSA) is 42.0 Å². The third-order valence-electron chi connectivity index (χ3n) is 2.03. The summed E-state index contributed by atoms with van der Waals surface area (Å²) in [6, 6.07) is 1.85. The largest absolute Gasteiger partial charge is 0.326 e. The first-order valence-corrected chi connectivity index (χ1v) is 4.09. The van der Waals surface area contributed by atoms with Gasteiger partial charge in [0.05, 0.1) is 0 Å². The number of carbonyl (C=O) groups is 1. The molecule has 0 unspecified atom stereocenters. The fraction of sp³-hybridized carbons (Fsp3) is 0.333. The number of hydrogen-bond acceptors (Lipinski definition) is 2. The second-order valence-corrected chi connectivity index (χ2v) is 2.93. The molecule has 1 aliphatic heterocycles. The summed E-state index contributed by atoms with van der Waals surface area (Å²) < 4.78 is 0. The predicted molar refractivity (Wildman–Crippen MR) is 45.8 cm³/mol. The Balaban J connectivity index is 2.37. The van der Waals surface area contributed by atoms with Crippen molar-refractivity contribution in [2.45, 2.75) is 19.3 Å². The molecule has 12 heavy (non-hydrogen) atoms. The standard InChI is InChI=1S/C9H10N2O/c12-9-3-1-2-7-6-10-5-4-8(7)11-9/h4-6H,1-3H2,(H,11,12). The summed E-state index contributed by atoms with van der Waals surface area (Å²) in [6.45, 7) is 0. The molecule has 0 saturated heterocycles. The van der Waals surface area contributed by atoms with Gasteiger partial charge in [0.25, 0.3) is 0 Å². The average molecular weight is 162 g/mol. The number of nitrogens with zero attached hydrogens (tertiary/aromatic N) is 1.